The molecule has 0 radical (unpaired) electrons. The summed E-state index contributed by atoms with van der Waals surface area (Å²) in [5.41, 5.74) is 6.83. The molecule has 0 aliphatic heterocycles. The van der Waals surface area contributed by atoms with Crippen LogP contribution in [0.25, 0.3) is 11.2 Å². The van der Waals surface area contributed by atoms with Crippen molar-refractivity contribution in [3.63, 3.8) is 0 Å². The fraction of sp³-hybridized carbons (Fsp3) is 0.545. The molecule has 2 aromatic rings. The highest BCUT2D eigenvalue weighted by Gasteiger charge is 2.10. The number of rotatable bonds is 6. The van der Waals surface area contributed by atoms with Crippen LogP contribution in [0.5, 0.6) is 0 Å². The lowest BCUT2D eigenvalue weighted by atomic mass is 10.2. The standard InChI is InChI=1S/C11H16ClN5O/c12-9-8-10(16-11(13)15-9)17(7-14-8)5-3-1-2-4-6-18/h7,18H,1-6H2,(H2,13,15,16). The van der Waals surface area contributed by atoms with Crippen LogP contribution in [0.1, 0.15) is 25.7 Å². The van der Waals surface area contributed by atoms with E-state index in [1.54, 1.807) is 6.33 Å². The Bertz CT molecular complexity index is 527. The van der Waals surface area contributed by atoms with Crippen molar-refractivity contribution in [2.24, 2.45) is 0 Å². The van der Waals surface area contributed by atoms with Crippen molar-refractivity contribution in [1.29, 1.82) is 0 Å². The number of hydrogen-bond acceptors (Lipinski definition) is 5. The van der Waals surface area contributed by atoms with Gasteiger partial charge in [0.15, 0.2) is 10.8 Å². The molecule has 0 aliphatic carbocycles. The van der Waals surface area contributed by atoms with Gasteiger partial charge in [-0.3, -0.25) is 0 Å². The SMILES string of the molecule is Nc1nc(Cl)c2ncn(CCCCCCO)c2n1. The number of aromatic nitrogens is 4. The van der Waals surface area contributed by atoms with E-state index in [-0.39, 0.29) is 17.7 Å². The Kier molecular flexibility index (Phi) is 4.33. The maximum Gasteiger partial charge on any atom is 0.223 e. The molecule has 0 atom stereocenters. The van der Waals surface area contributed by atoms with Gasteiger partial charge in [-0.25, -0.2) is 4.98 Å². The van der Waals surface area contributed by atoms with Crippen LogP contribution in [-0.4, -0.2) is 31.2 Å². The Morgan fingerprint density at radius 2 is 2.00 bits per heavy atom. The highest BCUT2D eigenvalue weighted by Crippen LogP contribution is 2.19. The largest absolute Gasteiger partial charge is 0.396 e. The highest BCUT2D eigenvalue weighted by atomic mass is 35.5. The summed E-state index contributed by atoms with van der Waals surface area (Å²) in [4.78, 5) is 12.2. The van der Waals surface area contributed by atoms with Crippen LogP contribution in [0.3, 0.4) is 0 Å². The number of anilines is 1. The third kappa shape index (κ3) is 2.88. The lowest BCUT2D eigenvalue weighted by Crippen LogP contribution is -2.01. The predicted octanol–water partition coefficient (Wildman–Crippen LogP) is 1.61. The number of aliphatic hydroxyl groups is 1. The summed E-state index contributed by atoms with van der Waals surface area (Å²) in [6.45, 7) is 1.07. The quantitative estimate of drug-likeness (QED) is 0.614. The minimum Gasteiger partial charge on any atom is -0.396 e. The topological polar surface area (TPSA) is 89.8 Å². The number of fused-ring (bicyclic) bond motifs is 1. The molecule has 0 aromatic carbocycles. The van der Waals surface area contributed by atoms with E-state index < -0.39 is 0 Å². The second kappa shape index (κ2) is 5.97. The molecule has 2 rings (SSSR count). The molecular weight excluding hydrogens is 254 g/mol. The normalized spacial score (nSPS) is 11.2. The summed E-state index contributed by atoms with van der Waals surface area (Å²) < 4.78 is 1.93. The maximum absolute atomic E-state index is 8.69. The van der Waals surface area contributed by atoms with Gasteiger partial charge in [-0.15, -0.1) is 0 Å². The van der Waals surface area contributed by atoms with Crippen LogP contribution >= 0.6 is 11.6 Å². The van der Waals surface area contributed by atoms with Crippen molar-refractivity contribution >= 4 is 28.7 Å². The number of aliphatic hydroxyl groups excluding tert-OH is 1. The number of hydrogen-bond donors (Lipinski definition) is 2. The van der Waals surface area contributed by atoms with E-state index in [1.165, 1.54) is 0 Å². The van der Waals surface area contributed by atoms with Crippen molar-refractivity contribution < 1.29 is 5.11 Å². The third-order valence-corrected chi connectivity index (χ3v) is 3.01. The van der Waals surface area contributed by atoms with E-state index in [0.29, 0.717) is 11.2 Å². The van der Waals surface area contributed by atoms with Gasteiger partial charge in [-0.05, 0) is 12.8 Å². The zero-order valence-corrected chi connectivity index (χ0v) is 10.8. The van der Waals surface area contributed by atoms with Crippen LogP contribution in [0, 0.1) is 0 Å². The molecule has 0 unspecified atom stereocenters. The van der Waals surface area contributed by atoms with E-state index in [2.05, 4.69) is 15.0 Å². The molecule has 0 saturated heterocycles. The van der Waals surface area contributed by atoms with Crippen LogP contribution in [0.2, 0.25) is 5.15 Å². The Morgan fingerprint density at radius 3 is 2.78 bits per heavy atom. The number of imidazole rings is 1. The Hall–Kier alpha value is -1.40. The first kappa shape index (κ1) is 13.0. The molecular formula is C11H16ClN5O. The van der Waals surface area contributed by atoms with Crippen LogP contribution in [-0.2, 0) is 6.54 Å². The average molecular weight is 270 g/mol. The third-order valence-electron chi connectivity index (χ3n) is 2.75. The molecule has 0 saturated carbocycles. The van der Waals surface area contributed by atoms with Crippen LogP contribution in [0.15, 0.2) is 6.33 Å². The number of nitrogen functional groups attached to an aromatic ring is 1. The summed E-state index contributed by atoms with van der Waals surface area (Å²) >= 11 is 5.94. The van der Waals surface area contributed by atoms with E-state index in [4.69, 9.17) is 22.4 Å². The fourth-order valence-corrected chi connectivity index (χ4v) is 2.06. The molecule has 18 heavy (non-hydrogen) atoms. The molecule has 0 bridgehead atoms. The van der Waals surface area contributed by atoms with Crippen molar-refractivity contribution in [2.75, 3.05) is 12.3 Å². The molecule has 0 spiro atoms. The molecule has 98 valence electrons. The van der Waals surface area contributed by atoms with Crippen molar-refractivity contribution in [1.82, 2.24) is 19.5 Å². The number of halogens is 1. The van der Waals surface area contributed by atoms with Crippen LogP contribution in [0.4, 0.5) is 5.95 Å². The summed E-state index contributed by atoms with van der Waals surface area (Å²) in [5, 5.41) is 8.98. The highest BCUT2D eigenvalue weighted by molar-refractivity contribution is 6.33. The molecule has 0 aliphatic rings. The summed E-state index contributed by atoms with van der Waals surface area (Å²) in [6, 6.07) is 0. The molecule has 2 aromatic heterocycles. The summed E-state index contributed by atoms with van der Waals surface area (Å²) in [7, 11) is 0. The van der Waals surface area contributed by atoms with E-state index in [1.807, 2.05) is 4.57 Å². The minimum atomic E-state index is 0.162. The number of nitrogens with zero attached hydrogens (tertiary/aromatic N) is 4. The average Bonchev–Trinajstić information content (AvgIpc) is 2.72. The second-order valence-electron chi connectivity index (χ2n) is 4.12. The van der Waals surface area contributed by atoms with Gasteiger partial charge in [0.25, 0.3) is 0 Å². The number of aryl methyl sites for hydroxylation is 1. The van der Waals surface area contributed by atoms with Gasteiger partial charge in [-0.2, -0.15) is 9.97 Å². The van der Waals surface area contributed by atoms with Gasteiger partial charge >= 0.3 is 0 Å². The zero-order chi connectivity index (χ0) is 13.0. The zero-order valence-electron chi connectivity index (χ0n) is 10.0. The van der Waals surface area contributed by atoms with Gasteiger partial charge < -0.3 is 15.4 Å². The first-order valence-electron chi connectivity index (χ1n) is 5.97. The van der Waals surface area contributed by atoms with Gasteiger partial charge in [-0.1, -0.05) is 24.4 Å². The Balaban J connectivity index is 2.05. The van der Waals surface area contributed by atoms with E-state index in [0.717, 1.165) is 32.2 Å². The van der Waals surface area contributed by atoms with Gasteiger partial charge in [0.2, 0.25) is 5.95 Å². The lowest BCUT2D eigenvalue weighted by molar-refractivity contribution is 0.282. The van der Waals surface area contributed by atoms with Crippen molar-refractivity contribution in [3.8, 4) is 0 Å². The molecule has 2 heterocycles. The molecule has 3 N–H and O–H groups in total. The van der Waals surface area contributed by atoms with Gasteiger partial charge in [0.05, 0.1) is 6.33 Å². The molecule has 6 nitrogen and oxygen atoms in total. The Morgan fingerprint density at radius 1 is 1.22 bits per heavy atom. The van der Waals surface area contributed by atoms with Gasteiger partial charge in [0.1, 0.15) is 5.52 Å². The molecule has 7 heteroatoms. The minimum absolute atomic E-state index is 0.162. The van der Waals surface area contributed by atoms with E-state index in [9.17, 15) is 0 Å². The Labute approximate surface area is 110 Å². The summed E-state index contributed by atoms with van der Waals surface area (Å²) in [6.07, 6.45) is 5.66. The van der Waals surface area contributed by atoms with E-state index >= 15 is 0 Å². The van der Waals surface area contributed by atoms with Crippen molar-refractivity contribution in [3.05, 3.63) is 11.5 Å². The predicted molar refractivity (Wildman–Crippen MR) is 70.3 cm³/mol. The van der Waals surface area contributed by atoms with Crippen LogP contribution < -0.4 is 5.73 Å². The number of unbranched alkanes of at least 4 members (excludes halogenated alkanes) is 3. The smallest absolute Gasteiger partial charge is 0.223 e. The number of nitrogens with two attached hydrogens (primary N) is 1. The first-order chi connectivity index (χ1) is 8.72. The lowest BCUT2D eigenvalue weighted by Gasteiger charge is -2.04. The first-order valence-corrected chi connectivity index (χ1v) is 6.35. The van der Waals surface area contributed by atoms with Gasteiger partial charge in [0, 0.05) is 13.2 Å². The monoisotopic (exact) mass is 269 g/mol. The maximum atomic E-state index is 8.69. The second-order valence-corrected chi connectivity index (χ2v) is 4.48. The molecule has 0 fully saturated rings. The summed E-state index contributed by atoms with van der Waals surface area (Å²) in [5.74, 6) is 0.162. The molecule has 0 amide bonds. The fourth-order valence-electron chi connectivity index (χ4n) is 1.84. The van der Waals surface area contributed by atoms with Crippen molar-refractivity contribution in [2.45, 2.75) is 32.2 Å².